The SMILES string of the molecule is COc1ccc(S(=O)(=O)N2CSCC2C(=O)NCC(C)C)cc1Br. The molecule has 1 atom stereocenters. The van der Waals surface area contributed by atoms with E-state index in [1.165, 1.54) is 35.3 Å². The molecule has 1 aliphatic heterocycles. The van der Waals surface area contributed by atoms with Gasteiger partial charge in [0.05, 0.1) is 22.4 Å². The molecule has 1 fully saturated rings. The number of halogens is 1. The van der Waals surface area contributed by atoms with E-state index < -0.39 is 16.1 Å². The molecule has 1 unspecified atom stereocenters. The van der Waals surface area contributed by atoms with Crippen LogP contribution in [0.15, 0.2) is 27.6 Å². The Bertz CT molecular complexity index is 709. The number of ether oxygens (including phenoxy) is 1. The predicted molar refractivity (Wildman–Crippen MR) is 98.7 cm³/mol. The van der Waals surface area contributed by atoms with Gasteiger partial charge in [0.2, 0.25) is 15.9 Å². The van der Waals surface area contributed by atoms with Gasteiger partial charge in [0, 0.05) is 12.3 Å². The van der Waals surface area contributed by atoms with Crippen LogP contribution < -0.4 is 10.1 Å². The Morgan fingerprint density at radius 1 is 1.50 bits per heavy atom. The lowest BCUT2D eigenvalue weighted by atomic mass is 10.2. The van der Waals surface area contributed by atoms with Crippen LogP contribution in [0.4, 0.5) is 0 Å². The second kappa shape index (κ2) is 8.07. The standard InChI is InChI=1S/C15H21BrN2O4S2/c1-10(2)7-17-15(19)13-8-23-9-18(13)24(20,21)11-4-5-14(22-3)12(16)6-11/h4-6,10,13H,7-9H2,1-3H3,(H,17,19). The highest BCUT2D eigenvalue weighted by molar-refractivity contribution is 9.10. The molecule has 24 heavy (non-hydrogen) atoms. The first-order chi connectivity index (χ1) is 11.3. The third-order valence-corrected chi connectivity index (χ3v) is 7.20. The zero-order valence-corrected chi connectivity index (χ0v) is 17.0. The molecule has 1 N–H and O–H groups in total. The minimum atomic E-state index is -3.75. The number of hydrogen-bond donors (Lipinski definition) is 1. The van der Waals surface area contributed by atoms with Crippen LogP contribution in [-0.4, -0.2) is 50.0 Å². The topological polar surface area (TPSA) is 75.7 Å². The molecule has 9 heteroatoms. The van der Waals surface area contributed by atoms with E-state index >= 15 is 0 Å². The van der Waals surface area contributed by atoms with E-state index in [0.29, 0.717) is 28.4 Å². The maximum Gasteiger partial charge on any atom is 0.244 e. The van der Waals surface area contributed by atoms with Gasteiger partial charge in [-0.05, 0) is 40.0 Å². The van der Waals surface area contributed by atoms with Crippen molar-refractivity contribution in [2.45, 2.75) is 24.8 Å². The number of carbonyl (C=O) groups excluding carboxylic acids is 1. The number of carbonyl (C=O) groups is 1. The highest BCUT2D eigenvalue weighted by Gasteiger charge is 2.40. The van der Waals surface area contributed by atoms with E-state index in [2.05, 4.69) is 21.2 Å². The average molecular weight is 437 g/mol. The highest BCUT2D eigenvalue weighted by Crippen LogP contribution is 2.32. The number of thioether (sulfide) groups is 1. The van der Waals surface area contributed by atoms with Crippen LogP contribution in [0.25, 0.3) is 0 Å². The van der Waals surface area contributed by atoms with Crippen molar-refractivity contribution in [2.75, 3.05) is 25.3 Å². The molecule has 0 saturated carbocycles. The Morgan fingerprint density at radius 2 is 2.21 bits per heavy atom. The molecule has 0 aromatic heterocycles. The number of rotatable bonds is 6. The van der Waals surface area contributed by atoms with E-state index in [9.17, 15) is 13.2 Å². The molecular weight excluding hydrogens is 416 g/mol. The second-order valence-corrected chi connectivity index (χ2v) is 9.59. The van der Waals surface area contributed by atoms with E-state index in [1.807, 2.05) is 13.8 Å². The van der Waals surface area contributed by atoms with Gasteiger partial charge in [-0.15, -0.1) is 11.8 Å². The number of sulfonamides is 1. The third-order valence-electron chi connectivity index (χ3n) is 3.56. The van der Waals surface area contributed by atoms with Crippen molar-refractivity contribution in [3.8, 4) is 5.75 Å². The average Bonchev–Trinajstić information content (AvgIpc) is 3.02. The number of hydrogen-bond acceptors (Lipinski definition) is 5. The van der Waals surface area contributed by atoms with Gasteiger partial charge in [-0.1, -0.05) is 13.8 Å². The Kier molecular flexibility index (Phi) is 6.58. The van der Waals surface area contributed by atoms with Crippen molar-refractivity contribution < 1.29 is 17.9 Å². The maximum absolute atomic E-state index is 12.9. The molecule has 1 heterocycles. The monoisotopic (exact) mass is 436 g/mol. The minimum Gasteiger partial charge on any atom is -0.496 e. The molecule has 1 aromatic rings. The molecule has 1 saturated heterocycles. The van der Waals surface area contributed by atoms with Crippen molar-refractivity contribution in [3.63, 3.8) is 0 Å². The van der Waals surface area contributed by atoms with E-state index in [4.69, 9.17) is 4.74 Å². The second-order valence-electron chi connectivity index (χ2n) is 5.84. The predicted octanol–water partition coefficient (Wildman–Crippen LogP) is 2.29. The van der Waals surface area contributed by atoms with Gasteiger partial charge in [0.25, 0.3) is 0 Å². The highest BCUT2D eigenvalue weighted by atomic mass is 79.9. The van der Waals surface area contributed by atoms with Gasteiger partial charge in [0.15, 0.2) is 0 Å². The molecule has 0 radical (unpaired) electrons. The lowest BCUT2D eigenvalue weighted by Crippen LogP contribution is -2.47. The zero-order valence-electron chi connectivity index (χ0n) is 13.8. The summed E-state index contributed by atoms with van der Waals surface area (Å²) < 4.78 is 32.8. The molecule has 0 aliphatic carbocycles. The molecule has 1 amide bonds. The minimum absolute atomic E-state index is 0.138. The zero-order chi connectivity index (χ0) is 17.9. The van der Waals surface area contributed by atoms with Crippen LogP contribution in [0, 0.1) is 5.92 Å². The van der Waals surface area contributed by atoms with Crippen LogP contribution in [0.2, 0.25) is 0 Å². The van der Waals surface area contributed by atoms with Gasteiger partial charge in [-0.25, -0.2) is 8.42 Å². The van der Waals surface area contributed by atoms with E-state index in [1.54, 1.807) is 6.07 Å². The van der Waals surface area contributed by atoms with Crippen molar-refractivity contribution in [1.29, 1.82) is 0 Å². The summed E-state index contributed by atoms with van der Waals surface area (Å²) in [6.45, 7) is 4.52. The van der Waals surface area contributed by atoms with Crippen molar-refractivity contribution in [2.24, 2.45) is 5.92 Å². The number of nitrogens with zero attached hydrogens (tertiary/aromatic N) is 1. The number of nitrogens with one attached hydrogen (secondary N) is 1. The van der Waals surface area contributed by atoms with Crippen molar-refractivity contribution in [3.05, 3.63) is 22.7 Å². The van der Waals surface area contributed by atoms with Crippen molar-refractivity contribution in [1.82, 2.24) is 9.62 Å². The summed E-state index contributed by atoms with van der Waals surface area (Å²) >= 11 is 4.74. The molecule has 1 aliphatic rings. The molecule has 2 rings (SSSR count). The fourth-order valence-corrected chi connectivity index (χ4v) is 6.10. The molecule has 134 valence electrons. The lowest BCUT2D eigenvalue weighted by Gasteiger charge is -2.23. The molecule has 0 spiro atoms. The summed E-state index contributed by atoms with van der Waals surface area (Å²) in [5.41, 5.74) is 0. The summed E-state index contributed by atoms with van der Waals surface area (Å²) in [7, 11) is -2.24. The lowest BCUT2D eigenvalue weighted by molar-refractivity contribution is -0.123. The Hall–Kier alpha value is -0.770. The first-order valence-electron chi connectivity index (χ1n) is 7.48. The Morgan fingerprint density at radius 3 is 2.79 bits per heavy atom. The first kappa shape index (κ1) is 19.6. The van der Waals surface area contributed by atoms with Gasteiger partial charge in [0.1, 0.15) is 11.8 Å². The summed E-state index contributed by atoms with van der Waals surface area (Å²) in [5, 5.41) is 2.82. The van der Waals surface area contributed by atoms with Crippen LogP contribution in [0.1, 0.15) is 13.8 Å². The first-order valence-corrected chi connectivity index (χ1v) is 10.9. The number of amides is 1. The fourth-order valence-electron chi connectivity index (χ4n) is 2.24. The summed E-state index contributed by atoms with van der Waals surface area (Å²) in [6.07, 6.45) is 0. The molecular formula is C15H21BrN2O4S2. The van der Waals surface area contributed by atoms with Gasteiger partial charge >= 0.3 is 0 Å². The smallest absolute Gasteiger partial charge is 0.244 e. The van der Waals surface area contributed by atoms with Gasteiger partial charge in [-0.2, -0.15) is 4.31 Å². The Balaban J connectivity index is 2.24. The van der Waals surface area contributed by atoms with Crippen LogP contribution >= 0.6 is 27.7 Å². The quantitative estimate of drug-likeness (QED) is 0.739. The molecule has 1 aromatic carbocycles. The van der Waals surface area contributed by atoms with Gasteiger partial charge in [-0.3, -0.25) is 4.79 Å². The summed E-state index contributed by atoms with van der Waals surface area (Å²) in [6, 6.07) is 3.90. The maximum atomic E-state index is 12.9. The normalized spacial score (nSPS) is 18.8. The summed E-state index contributed by atoms with van der Waals surface area (Å²) in [4.78, 5) is 12.5. The molecule has 0 bridgehead atoms. The largest absolute Gasteiger partial charge is 0.496 e. The van der Waals surface area contributed by atoms with Gasteiger partial charge < -0.3 is 10.1 Å². The third kappa shape index (κ3) is 4.25. The fraction of sp³-hybridized carbons (Fsp3) is 0.533. The van der Waals surface area contributed by atoms with Crippen LogP contribution in [0.3, 0.4) is 0 Å². The van der Waals surface area contributed by atoms with Crippen molar-refractivity contribution >= 4 is 43.6 Å². The summed E-state index contributed by atoms with van der Waals surface area (Å²) in [5.74, 6) is 1.35. The Labute approximate surface area is 155 Å². The molecule has 6 nitrogen and oxygen atoms in total. The number of methoxy groups -OCH3 is 1. The van der Waals surface area contributed by atoms with E-state index in [0.717, 1.165) is 0 Å². The van der Waals surface area contributed by atoms with Crippen LogP contribution in [0.5, 0.6) is 5.75 Å². The van der Waals surface area contributed by atoms with Crippen LogP contribution in [-0.2, 0) is 14.8 Å². The van der Waals surface area contributed by atoms with E-state index in [-0.39, 0.29) is 16.7 Å². The number of benzene rings is 1.